The van der Waals surface area contributed by atoms with Gasteiger partial charge in [0.05, 0.1) is 5.35 Å². The van der Waals surface area contributed by atoms with Crippen LogP contribution in [0, 0.1) is 0 Å². The van der Waals surface area contributed by atoms with Gasteiger partial charge in [0.1, 0.15) is 0 Å². The molecule has 3 rings (SSSR count). The molecule has 1 unspecified atom stereocenters. The first kappa shape index (κ1) is 15.4. The molecular formula is C19H27N3. The lowest BCUT2D eigenvalue weighted by Gasteiger charge is -2.11. The number of nitrogens with one attached hydrogen (secondary N) is 2. The number of pyridine rings is 1. The zero-order chi connectivity index (χ0) is 15.4. The molecule has 1 saturated heterocycles. The average molecular weight is 297 g/mol. The zero-order valence-electron chi connectivity index (χ0n) is 13.8. The van der Waals surface area contributed by atoms with Crippen molar-refractivity contribution in [1.29, 1.82) is 0 Å². The molecule has 1 aliphatic heterocycles. The first-order valence-corrected chi connectivity index (χ1v) is 8.55. The van der Waals surface area contributed by atoms with Crippen molar-refractivity contribution in [2.24, 2.45) is 0 Å². The van der Waals surface area contributed by atoms with Gasteiger partial charge in [-0.2, -0.15) is 0 Å². The highest BCUT2D eigenvalue weighted by atomic mass is 15.0. The summed E-state index contributed by atoms with van der Waals surface area (Å²) in [5.41, 5.74) is 4.36. The smallest absolute Gasteiger partial charge is 0.0733 e. The molecule has 3 heteroatoms. The summed E-state index contributed by atoms with van der Waals surface area (Å²) in [5, 5.41) is 9.61. The fourth-order valence-corrected chi connectivity index (χ4v) is 3.46. The molecule has 22 heavy (non-hydrogen) atoms. The van der Waals surface area contributed by atoms with Gasteiger partial charge in [-0.3, -0.25) is 4.98 Å². The van der Waals surface area contributed by atoms with Gasteiger partial charge in [0.2, 0.25) is 0 Å². The van der Waals surface area contributed by atoms with E-state index in [-0.39, 0.29) is 0 Å². The van der Waals surface area contributed by atoms with E-state index in [2.05, 4.69) is 47.7 Å². The SMILES string of the molecule is CCC1=CC(CCNC2CCNC2)=c2ncccc2=C(C)C1. The van der Waals surface area contributed by atoms with E-state index < -0.39 is 0 Å². The van der Waals surface area contributed by atoms with Crippen LogP contribution in [-0.2, 0) is 0 Å². The van der Waals surface area contributed by atoms with Crippen molar-refractivity contribution in [3.63, 3.8) is 0 Å². The molecule has 0 radical (unpaired) electrons. The highest BCUT2D eigenvalue weighted by Crippen LogP contribution is 2.19. The van der Waals surface area contributed by atoms with E-state index in [1.54, 1.807) is 0 Å². The number of nitrogens with zero attached hydrogens (tertiary/aromatic N) is 1. The summed E-state index contributed by atoms with van der Waals surface area (Å²) in [5.74, 6) is 0. The average Bonchev–Trinajstić information content (AvgIpc) is 3.01. The van der Waals surface area contributed by atoms with E-state index in [0.717, 1.165) is 38.9 Å². The van der Waals surface area contributed by atoms with Crippen LogP contribution < -0.4 is 21.2 Å². The zero-order valence-corrected chi connectivity index (χ0v) is 13.8. The second-order valence-electron chi connectivity index (χ2n) is 6.43. The monoisotopic (exact) mass is 297 g/mol. The van der Waals surface area contributed by atoms with Gasteiger partial charge < -0.3 is 10.6 Å². The lowest BCUT2D eigenvalue weighted by Crippen LogP contribution is -2.34. The molecule has 118 valence electrons. The topological polar surface area (TPSA) is 37.0 Å². The lowest BCUT2D eigenvalue weighted by atomic mass is 10.0. The van der Waals surface area contributed by atoms with Gasteiger partial charge in [-0.25, -0.2) is 0 Å². The van der Waals surface area contributed by atoms with Gasteiger partial charge in [-0.1, -0.05) is 30.2 Å². The van der Waals surface area contributed by atoms with E-state index in [9.17, 15) is 0 Å². The summed E-state index contributed by atoms with van der Waals surface area (Å²) < 4.78 is 0. The van der Waals surface area contributed by atoms with Crippen LogP contribution in [0.3, 0.4) is 0 Å². The van der Waals surface area contributed by atoms with Crippen LogP contribution in [0.5, 0.6) is 0 Å². The second-order valence-corrected chi connectivity index (χ2v) is 6.43. The Hall–Kier alpha value is -1.45. The van der Waals surface area contributed by atoms with E-state index in [0.29, 0.717) is 6.04 Å². The Balaban J connectivity index is 1.86. The highest BCUT2D eigenvalue weighted by molar-refractivity contribution is 5.63. The van der Waals surface area contributed by atoms with Crippen LogP contribution in [0.2, 0.25) is 0 Å². The van der Waals surface area contributed by atoms with Crippen molar-refractivity contribution in [2.45, 2.75) is 45.6 Å². The van der Waals surface area contributed by atoms with Crippen LogP contribution in [0.4, 0.5) is 0 Å². The van der Waals surface area contributed by atoms with Crippen molar-refractivity contribution in [1.82, 2.24) is 15.6 Å². The Labute approximate surface area is 133 Å². The van der Waals surface area contributed by atoms with E-state index in [1.807, 2.05) is 6.20 Å². The molecule has 3 nitrogen and oxygen atoms in total. The Bertz CT molecular complexity index is 666. The number of rotatable bonds is 5. The molecule has 1 aromatic rings. The van der Waals surface area contributed by atoms with Gasteiger partial charge in [0.25, 0.3) is 0 Å². The molecule has 1 atom stereocenters. The fraction of sp³-hybridized carbons (Fsp3) is 0.526. The van der Waals surface area contributed by atoms with Gasteiger partial charge in [-0.15, -0.1) is 0 Å². The molecule has 1 fully saturated rings. The van der Waals surface area contributed by atoms with Crippen LogP contribution in [0.1, 0.15) is 39.5 Å². The summed E-state index contributed by atoms with van der Waals surface area (Å²) in [6.07, 6.45) is 8.82. The molecule has 0 spiro atoms. The lowest BCUT2D eigenvalue weighted by molar-refractivity contribution is 0.555. The molecule has 0 bridgehead atoms. The Morgan fingerprint density at radius 1 is 1.41 bits per heavy atom. The van der Waals surface area contributed by atoms with Crippen molar-refractivity contribution in [3.05, 3.63) is 40.5 Å². The molecule has 2 aliphatic rings. The summed E-state index contributed by atoms with van der Waals surface area (Å²) >= 11 is 0. The number of hydrogen-bond acceptors (Lipinski definition) is 3. The minimum Gasteiger partial charge on any atom is -0.315 e. The summed E-state index contributed by atoms with van der Waals surface area (Å²) in [7, 11) is 0. The molecule has 0 aromatic carbocycles. The number of hydrogen-bond donors (Lipinski definition) is 2. The maximum atomic E-state index is 4.69. The molecule has 1 aromatic heterocycles. The number of fused-ring (bicyclic) bond motifs is 1. The van der Waals surface area contributed by atoms with E-state index >= 15 is 0 Å². The predicted molar refractivity (Wildman–Crippen MR) is 92.9 cm³/mol. The second kappa shape index (κ2) is 7.21. The van der Waals surface area contributed by atoms with Crippen molar-refractivity contribution < 1.29 is 0 Å². The third-order valence-corrected chi connectivity index (χ3v) is 4.78. The predicted octanol–water partition coefficient (Wildman–Crippen LogP) is 1.48. The van der Waals surface area contributed by atoms with Gasteiger partial charge >= 0.3 is 0 Å². The maximum absolute atomic E-state index is 4.69. The van der Waals surface area contributed by atoms with Gasteiger partial charge in [-0.05, 0) is 62.6 Å². The van der Waals surface area contributed by atoms with Crippen LogP contribution in [0.15, 0.2) is 30.0 Å². The maximum Gasteiger partial charge on any atom is 0.0733 e. The fourth-order valence-electron chi connectivity index (χ4n) is 3.46. The molecule has 1 aliphatic carbocycles. The third kappa shape index (κ3) is 3.47. The molecule has 0 saturated carbocycles. The summed E-state index contributed by atoms with van der Waals surface area (Å²) in [6, 6.07) is 4.91. The van der Waals surface area contributed by atoms with Crippen LogP contribution in [0.25, 0.3) is 11.1 Å². The third-order valence-electron chi connectivity index (χ3n) is 4.78. The first-order valence-electron chi connectivity index (χ1n) is 8.55. The van der Waals surface area contributed by atoms with Gasteiger partial charge in [0.15, 0.2) is 0 Å². The molecular weight excluding hydrogens is 270 g/mol. The largest absolute Gasteiger partial charge is 0.315 e. The normalized spacial score (nSPS) is 21.5. The Morgan fingerprint density at radius 3 is 3.09 bits per heavy atom. The molecule has 2 N–H and O–H groups in total. The summed E-state index contributed by atoms with van der Waals surface area (Å²) in [4.78, 5) is 4.69. The van der Waals surface area contributed by atoms with Crippen molar-refractivity contribution >= 4 is 11.1 Å². The van der Waals surface area contributed by atoms with Gasteiger partial charge in [0, 0.05) is 18.8 Å². The minimum absolute atomic E-state index is 0.637. The molecule has 0 amide bonds. The standard InChI is InChI=1S/C19H27N3/c1-3-15-11-14(2)18-5-4-8-22-19(18)16(12-15)6-10-21-17-7-9-20-13-17/h4-5,8,12,17,20-21H,3,6-7,9-11,13H2,1-2H3. The van der Waals surface area contributed by atoms with Crippen LogP contribution in [-0.4, -0.2) is 30.7 Å². The van der Waals surface area contributed by atoms with Crippen LogP contribution >= 0.6 is 0 Å². The molecule has 2 heterocycles. The Morgan fingerprint density at radius 2 is 2.32 bits per heavy atom. The number of allylic oxidation sites excluding steroid dienone is 2. The van der Waals surface area contributed by atoms with Crippen molar-refractivity contribution in [2.75, 3.05) is 19.6 Å². The van der Waals surface area contributed by atoms with E-state index in [1.165, 1.54) is 33.7 Å². The van der Waals surface area contributed by atoms with Crippen molar-refractivity contribution in [3.8, 4) is 0 Å². The summed E-state index contributed by atoms with van der Waals surface area (Å²) in [6.45, 7) is 7.78. The quantitative estimate of drug-likeness (QED) is 0.864. The Kier molecular flexibility index (Phi) is 5.06. The first-order chi connectivity index (χ1) is 10.8. The number of aromatic nitrogens is 1. The van der Waals surface area contributed by atoms with E-state index in [4.69, 9.17) is 0 Å². The minimum atomic E-state index is 0.637. The highest BCUT2D eigenvalue weighted by Gasteiger charge is 2.14.